The van der Waals surface area contributed by atoms with Gasteiger partial charge in [0.05, 0.1) is 0 Å². The van der Waals surface area contributed by atoms with Gasteiger partial charge in [-0.2, -0.15) is 0 Å². The van der Waals surface area contributed by atoms with Gasteiger partial charge in [-0.1, -0.05) is 41.9 Å². The van der Waals surface area contributed by atoms with Crippen LogP contribution in [0.25, 0.3) is 0 Å². The summed E-state index contributed by atoms with van der Waals surface area (Å²) in [7, 11) is 0. The fourth-order valence-corrected chi connectivity index (χ4v) is 3.31. The molecule has 0 bridgehead atoms. The molecule has 1 aliphatic rings. The molecule has 0 spiro atoms. The minimum Gasteiger partial charge on any atom is -0.341 e. The number of carbonyl (C=O) groups excluding carboxylic acids is 2. The monoisotopic (exact) mass is 385 g/mol. The van der Waals surface area contributed by atoms with Crippen molar-refractivity contribution < 1.29 is 9.59 Å². The van der Waals surface area contributed by atoms with Gasteiger partial charge in [-0.05, 0) is 36.8 Å². The number of carbonyl (C=O) groups is 2. The van der Waals surface area contributed by atoms with Gasteiger partial charge in [0.2, 0.25) is 5.91 Å². The van der Waals surface area contributed by atoms with Crippen molar-refractivity contribution in [1.29, 1.82) is 0 Å². The zero-order valence-corrected chi connectivity index (χ0v) is 16.2. The van der Waals surface area contributed by atoms with E-state index in [1.165, 1.54) is 5.56 Å². The van der Waals surface area contributed by atoms with Crippen molar-refractivity contribution in [3.05, 3.63) is 70.7 Å². The highest BCUT2D eigenvalue weighted by Crippen LogP contribution is 2.11. The number of rotatable bonds is 5. The number of nitrogens with zero attached hydrogens (tertiary/aromatic N) is 2. The minimum atomic E-state index is -0.561. The lowest BCUT2D eigenvalue weighted by Crippen LogP contribution is -2.53. The lowest BCUT2D eigenvalue weighted by Gasteiger charge is -2.36. The van der Waals surface area contributed by atoms with Crippen LogP contribution in [0.2, 0.25) is 5.02 Å². The Morgan fingerprint density at radius 3 is 2.26 bits per heavy atom. The number of benzene rings is 2. The first kappa shape index (κ1) is 19.4. The minimum absolute atomic E-state index is 0.0447. The van der Waals surface area contributed by atoms with E-state index in [1.54, 1.807) is 31.2 Å². The fraction of sp³-hybridized carbons (Fsp3) is 0.333. The van der Waals surface area contributed by atoms with Gasteiger partial charge in [0.25, 0.3) is 5.91 Å². The highest BCUT2D eigenvalue weighted by atomic mass is 35.5. The van der Waals surface area contributed by atoms with Gasteiger partial charge in [0.1, 0.15) is 6.04 Å². The normalized spacial score (nSPS) is 16.0. The Bertz CT molecular complexity index is 772. The summed E-state index contributed by atoms with van der Waals surface area (Å²) in [4.78, 5) is 29.1. The zero-order valence-electron chi connectivity index (χ0n) is 15.4. The van der Waals surface area contributed by atoms with Gasteiger partial charge in [0, 0.05) is 43.3 Å². The number of hydrogen-bond acceptors (Lipinski definition) is 3. The predicted molar refractivity (Wildman–Crippen MR) is 107 cm³/mol. The van der Waals surface area contributed by atoms with Gasteiger partial charge >= 0.3 is 0 Å². The van der Waals surface area contributed by atoms with E-state index in [0.29, 0.717) is 23.7 Å². The molecule has 1 heterocycles. The lowest BCUT2D eigenvalue weighted by molar-refractivity contribution is -0.134. The largest absolute Gasteiger partial charge is 0.341 e. The second-order valence-electron chi connectivity index (χ2n) is 6.79. The topological polar surface area (TPSA) is 52.7 Å². The molecule has 1 fully saturated rings. The maximum atomic E-state index is 12.7. The molecular weight excluding hydrogens is 362 g/mol. The fourth-order valence-electron chi connectivity index (χ4n) is 3.18. The summed E-state index contributed by atoms with van der Waals surface area (Å²) in [5.41, 5.74) is 1.77. The molecule has 142 valence electrons. The summed E-state index contributed by atoms with van der Waals surface area (Å²) >= 11 is 5.84. The Hall–Kier alpha value is -2.37. The van der Waals surface area contributed by atoms with E-state index < -0.39 is 6.04 Å². The van der Waals surface area contributed by atoms with Crippen LogP contribution in [-0.4, -0.2) is 53.8 Å². The van der Waals surface area contributed by atoms with Crippen molar-refractivity contribution in [2.45, 2.75) is 19.5 Å². The quantitative estimate of drug-likeness (QED) is 0.861. The molecule has 3 rings (SSSR count). The Labute approximate surface area is 164 Å². The third-order valence-corrected chi connectivity index (χ3v) is 5.01. The van der Waals surface area contributed by atoms with E-state index in [1.807, 2.05) is 23.1 Å². The summed E-state index contributed by atoms with van der Waals surface area (Å²) in [5.74, 6) is -0.313. The molecule has 6 heteroatoms. The average molecular weight is 386 g/mol. The van der Waals surface area contributed by atoms with Crippen LogP contribution in [-0.2, 0) is 11.3 Å². The molecule has 0 unspecified atom stereocenters. The van der Waals surface area contributed by atoms with Crippen LogP contribution < -0.4 is 5.32 Å². The third-order valence-electron chi connectivity index (χ3n) is 4.76. The standard InChI is InChI=1S/C21H24ClN3O2/c1-16(23-20(26)18-7-9-19(22)10-8-18)21(27)25-13-11-24(12-14-25)15-17-5-3-2-4-6-17/h2-10,16H,11-15H2,1H3,(H,23,26)/t16-/m0/s1. The van der Waals surface area contributed by atoms with E-state index in [-0.39, 0.29) is 11.8 Å². The van der Waals surface area contributed by atoms with Gasteiger partial charge in [-0.15, -0.1) is 0 Å². The molecule has 27 heavy (non-hydrogen) atoms. The molecule has 1 atom stereocenters. The number of nitrogens with one attached hydrogen (secondary N) is 1. The molecule has 0 radical (unpaired) electrons. The molecule has 5 nitrogen and oxygen atoms in total. The molecule has 0 aromatic heterocycles. The van der Waals surface area contributed by atoms with Crippen LogP contribution in [0.5, 0.6) is 0 Å². The van der Waals surface area contributed by atoms with Gasteiger partial charge in [-0.25, -0.2) is 0 Å². The summed E-state index contributed by atoms with van der Waals surface area (Å²) < 4.78 is 0. The molecule has 2 aromatic carbocycles. The summed E-state index contributed by atoms with van der Waals surface area (Å²) in [5, 5.41) is 3.35. The van der Waals surface area contributed by atoms with Crippen molar-refractivity contribution in [2.24, 2.45) is 0 Å². The van der Waals surface area contributed by atoms with Gasteiger partial charge in [-0.3, -0.25) is 14.5 Å². The van der Waals surface area contributed by atoms with E-state index >= 15 is 0 Å². The van der Waals surface area contributed by atoms with Crippen LogP contribution in [0.1, 0.15) is 22.8 Å². The second-order valence-corrected chi connectivity index (χ2v) is 7.23. The van der Waals surface area contributed by atoms with E-state index in [9.17, 15) is 9.59 Å². The van der Waals surface area contributed by atoms with Crippen molar-refractivity contribution in [3.63, 3.8) is 0 Å². The summed E-state index contributed by atoms with van der Waals surface area (Å²) in [6.07, 6.45) is 0. The number of amides is 2. The van der Waals surface area contributed by atoms with Crippen LogP contribution in [0.3, 0.4) is 0 Å². The van der Waals surface area contributed by atoms with E-state index in [2.05, 4.69) is 22.3 Å². The zero-order chi connectivity index (χ0) is 19.2. The van der Waals surface area contributed by atoms with Crippen LogP contribution in [0.4, 0.5) is 0 Å². The molecular formula is C21H24ClN3O2. The van der Waals surface area contributed by atoms with Crippen LogP contribution in [0, 0.1) is 0 Å². The molecule has 0 saturated carbocycles. The van der Waals surface area contributed by atoms with Crippen LogP contribution >= 0.6 is 11.6 Å². The molecule has 1 saturated heterocycles. The SMILES string of the molecule is C[C@H](NC(=O)c1ccc(Cl)cc1)C(=O)N1CCN(Cc2ccccc2)CC1. The Morgan fingerprint density at radius 1 is 1.00 bits per heavy atom. The van der Waals surface area contributed by atoms with Crippen molar-refractivity contribution in [1.82, 2.24) is 15.1 Å². The highest BCUT2D eigenvalue weighted by molar-refractivity contribution is 6.30. The summed E-state index contributed by atoms with van der Waals surface area (Å²) in [6, 6.07) is 16.4. The van der Waals surface area contributed by atoms with Crippen molar-refractivity contribution in [2.75, 3.05) is 26.2 Å². The molecule has 1 N–H and O–H groups in total. The van der Waals surface area contributed by atoms with E-state index in [0.717, 1.165) is 19.6 Å². The van der Waals surface area contributed by atoms with Gasteiger partial charge in [0.15, 0.2) is 0 Å². The highest BCUT2D eigenvalue weighted by Gasteiger charge is 2.26. The Kier molecular flexibility index (Phi) is 6.48. The average Bonchev–Trinajstić information content (AvgIpc) is 2.69. The second kappa shape index (κ2) is 9.02. The summed E-state index contributed by atoms with van der Waals surface area (Å²) in [6.45, 7) is 5.63. The van der Waals surface area contributed by atoms with Crippen molar-refractivity contribution in [3.8, 4) is 0 Å². The van der Waals surface area contributed by atoms with E-state index in [4.69, 9.17) is 11.6 Å². The first-order valence-electron chi connectivity index (χ1n) is 9.14. The van der Waals surface area contributed by atoms with Crippen LogP contribution in [0.15, 0.2) is 54.6 Å². The number of piperazine rings is 1. The first-order valence-corrected chi connectivity index (χ1v) is 9.52. The molecule has 0 aliphatic carbocycles. The Balaban J connectivity index is 1.48. The number of hydrogen-bond donors (Lipinski definition) is 1. The molecule has 1 aliphatic heterocycles. The lowest BCUT2D eigenvalue weighted by atomic mass is 10.1. The van der Waals surface area contributed by atoms with Gasteiger partial charge < -0.3 is 10.2 Å². The predicted octanol–water partition coefficient (Wildman–Crippen LogP) is 2.80. The third kappa shape index (κ3) is 5.31. The molecule has 2 aromatic rings. The maximum Gasteiger partial charge on any atom is 0.251 e. The smallest absolute Gasteiger partial charge is 0.251 e. The first-order chi connectivity index (χ1) is 13.0. The number of halogens is 1. The molecule has 2 amide bonds. The maximum absolute atomic E-state index is 12.7. The van der Waals surface area contributed by atoms with Crippen molar-refractivity contribution >= 4 is 23.4 Å². The Morgan fingerprint density at radius 2 is 1.63 bits per heavy atom.